The lowest BCUT2D eigenvalue weighted by Gasteiger charge is -2.24. The van der Waals surface area contributed by atoms with Gasteiger partial charge in [-0.15, -0.1) is 0 Å². The van der Waals surface area contributed by atoms with Crippen molar-refractivity contribution in [3.63, 3.8) is 0 Å². The van der Waals surface area contributed by atoms with Crippen LogP contribution in [0.15, 0.2) is 30.6 Å². The van der Waals surface area contributed by atoms with Crippen LogP contribution < -0.4 is 11.5 Å². The summed E-state index contributed by atoms with van der Waals surface area (Å²) in [5.41, 5.74) is 14.5. The number of imide groups is 1. The van der Waals surface area contributed by atoms with Gasteiger partial charge in [0.25, 0.3) is 0 Å². The Kier molecular flexibility index (Phi) is 4.75. The topological polar surface area (TPSA) is 130 Å². The number of quaternary nitrogens is 1. The second-order valence-electron chi connectivity index (χ2n) is 7.26. The maximum atomic E-state index is 12.4. The van der Waals surface area contributed by atoms with Gasteiger partial charge in [0, 0.05) is 12.6 Å². The van der Waals surface area contributed by atoms with Gasteiger partial charge in [-0.3, -0.25) is 4.98 Å². The van der Waals surface area contributed by atoms with Gasteiger partial charge in [0.05, 0.1) is 18.5 Å². The molecule has 1 unspecified atom stereocenters. The van der Waals surface area contributed by atoms with E-state index < -0.39 is 10.5 Å². The number of hydrogen-bond donors (Lipinski definition) is 2. The van der Waals surface area contributed by atoms with Crippen molar-refractivity contribution in [3.8, 4) is 0 Å². The second-order valence-corrected chi connectivity index (χ2v) is 7.26. The Bertz CT molecular complexity index is 1150. The molecule has 0 saturated heterocycles. The molecule has 0 aliphatic carbocycles. The van der Waals surface area contributed by atoms with Gasteiger partial charge in [0.1, 0.15) is 35.1 Å². The number of urea groups is 1. The number of aryl methyl sites for hydroxylation is 1. The number of imidazole rings is 1. The zero-order valence-electron chi connectivity index (χ0n) is 16.3. The van der Waals surface area contributed by atoms with E-state index in [9.17, 15) is 9.59 Å². The molecule has 9 heteroatoms. The first-order valence-corrected chi connectivity index (χ1v) is 9.76. The van der Waals surface area contributed by atoms with Crippen molar-refractivity contribution in [2.75, 3.05) is 12.3 Å². The largest absolute Gasteiger partial charge is 0.426 e. The molecule has 0 fully saturated rings. The van der Waals surface area contributed by atoms with E-state index in [0.717, 1.165) is 30.6 Å². The summed E-state index contributed by atoms with van der Waals surface area (Å²) in [6.07, 6.45) is 7.90. The molecule has 0 saturated carbocycles. The number of primary amides is 1. The number of hydrogen-bond acceptors (Lipinski definition) is 6. The van der Waals surface area contributed by atoms with E-state index in [4.69, 9.17) is 16.5 Å². The van der Waals surface area contributed by atoms with Crippen LogP contribution in [0.25, 0.3) is 22.1 Å². The van der Waals surface area contributed by atoms with Gasteiger partial charge in [-0.25, -0.2) is 19.6 Å². The molecule has 29 heavy (non-hydrogen) atoms. The third-order valence-electron chi connectivity index (χ3n) is 5.46. The van der Waals surface area contributed by atoms with E-state index in [-0.39, 0.29) is 18.9 Å². The van der Waals surface area contributed by atoms with Crippen LogP contribution in [0, 0.1) is 0 Å². The van der Waals surface area contributed by atoms with Crippen LogP contribution in [-0.4, -0.2) is 42.5 Å². The summed E-state index contributed by atoms with van der Waals surface area (Å²) < 4.78 is 1.53. The number of unbranched alkanes of at least 4 members (excludes halogenated alkanes) is 1. The lowest BCUT2D eigenvalue weighted by molar-refractivity contribution is -0.714. The monoisotopic (exact) mass is 394 g/mol. The predicted octanol–water partition coefficient (Wildman–Crippen LogP) is 2.24. The summed E-state index contributed by atoms with van der Waals surface area (Å²) in [6.45, 7) is 2.70. The van der Waals surface area contributed by atoms with Gasteiger partial charge in [0.2, 0.25) is 0 Å². The number of anilines is 1. The first kappa shape index (κ1) is 19.0. The van der Waals surface area contributed by atoms with Crippen molar-refractivity contribution in [3.05, 3.63) is 36.4 Å². The highest BCUT2D eigenvalue weighted by molar-refractivity contribution is 6.04. The molecule has 1 aliphatic heterocycles. The molecule has 3 amide bonds. The molecule has 1 aliphatic rings. The molecular weight excluding hydrogens is 370 g/mol. The van der Waals surface area contributed by atoms with E-state index >= 15 is 0 Å². The zero-order valence-corrected chi connectivity index (χ0v) is 16.3. The summed E-state index contributed by atoms with van der Waals surface area (Å²) in [4.78, 5) is 38.2. The molecule has 0 spiro atoms. The molecular formula is C20H24N7O2+. The van der Waals surface area contributed by atoms with E-state index in [0.29, 0.717) is 28.9 Å². The summed E-state index contributed by atoms with van der Waals surface area (Å²) in [6, 6.07) is 2.98. The fraction of sp³-hybridized carbons (Fsp3) is 0.350. The molecule has 4 rings (SSSR count). The van der Waals surface area contributed by atoms with Crippen LogP contribution in [0.3, 0.4) is 0 Å². The quantitative estimate of drug-likeness (QED) is 0.617. The van der Waals surface area contributed by atoms with Gasteiger partial charge in [-0.05, 0) is 24.6 Å². The standard InChI is InChI=1S/C20H23N7O2/c1-2-3-7-14-25-17-18(16-13(24-19(17)21)6-4-9-23-16)26(14)10-12-27(20(22)29)11-5-8-15(27)28/h4-6,9,11H,2-3,7-8,10,12H2,1H3,(H3-,21,22,24,29)/p+1. The third kappa shape index (κ3) is 3.03. The molecule has 3 aromatic heterocycles. The highest BCUT2D eigenvalue weighted by Crippen LogP contribution is 2.29. The number of nitrogen functional groups attached to an aromatic ring is 1. The Hall–Kier alpha value is -3.33. The Balaban J connectivity index is 1.86. The van der Waals surface area contributed by atoms with Crippen LogP contribution in [-0.2, 0) is 17.8 Å². The fourth-order valence-corrected chi connectivity index (χ4v) is 3.88. The van der Waals surface area contributed by atoms with Crippen molar-refractivity contribution >= 4 is 39.8 Å². The van der Waals surface area contributed by atoms with Crippen LogP contribution in [0.2, 0.25) is 0 Å². The number of rotatable bonds is 6. The Labute approximate surface area is 167 Å². The number of nitrogens with two attached hydrogens (primary N) is 2. The SMILES string of the molecule is CCCCc1nc2c(N)nc3cccnc3c2n1CC[N+]1(C(N)=O)C=CCC1=O. The smallest absolute Gasteiger partial charge is 0.382 e. The van der Waals surface area contributed by atoms with Crippen LogP contribution in [0.1, 0.15) is 32.0 Å². The Morgan fingerprint density at radius 1 is 1.31 bits per heavy atom. The molecule has 3 aromatic rings. The Morgan fingerprint density at radius 2 is 2.14 bits per heavy atom. The molecule has 0 aromatic carbocycles. The summed E-state index contributed by atoms with van der Waals surface area (Å²) in [5, 5.41) is 0. The normalized spacial score (nSPS) is 18.9. The fourth-order valence-electron chi connectivity index (χ4n) is 3.88. The average molecular weight is 394 g/mol. The van der Waals surface area contributed by atoms with Crippen molar-refractivity contribution in [2.45, 2.75) is 39.2 Å². The van der Waals surface area contributed by atoms with E-state index in [1.807, 2.05) is 10.6 Å². The minimum atomic E-state index is -0.674. The van der Waals surface area contributed by atoms with Crippen molar-refractivity contribution in [2.24, 2.45) is 5.73 Å². The molecule has 150 valence electrons. The number of pyridine rings is 2. The highest BCUT2D eigenvalue weighted by Gasteiger charge is 2.44. The van der Waals surface area contributed by atoms with Crippen LogP contribution in [0.5, 0.6) is 0 Å². The average Bonchev–Trinajstić information content (AvgIpc) is 3.26. The van der Waals surface area contributed by atoms with E-state index in [1.165, 1.54) is 0 Å². The lowest BCUT2D eigenvalue weighted by Crippen LogP contribution is -2.55. The maximum Gasteiger partial charge on any atom is 0.426 e. The number of carbonyl (C=O) groups is 2. The van der Waals surface area contributed by atoms with Gasteiger partial charge >= 0.3 is 11.9 Å². The number of nitrogens with zero attached hydrogens (tertiary/aromatic N) is 5. The van der Waals surface area contributed by atoms with Crippen molar-refractivity contribution < 1.29 is 14.1 Å². The maximum absolute atomic E-state index is 12.4. The predicted molar refractivity (Wildman–Crippen MR) is 109 cm³/mol. The number of fused-ring (bicyclic) bond motifs is 3. The van der Waals surface area contributed by atoms with E-state index in [1.54, 1.807) is 24.5 Å². The number of carbonyl (C=O) groups excluding carboxylic acids is 2. The molecule has 0 bridgehead atoms. The molecule has 4 N–H and O–H groups in total. The first-order valence-electron chi connectivity index (χ1n) is 9.76. The first-order chi connectivity index (χ1) is 14.0. The highest BCUT2D eigenvalue weighted by atomic mass is 16.2. The van der Waals surface area contributed by atoms with Crippen molar-refractivity contribution in [1.29, 1.82) is 0 Å². The van der Waals surface area contributed by atoms with Gasteiger partial charge in [-0.1, -0.05) is 13.3 Å². The Morgan fingerprint density at radius 3 is 2.83 bits per heavy atom. The summed E-state index contributed by atoms with van der Waals surface area (Å²) >= 11 is 0. The van der Waals surface area contributed by atoms with Gasteiger partial charge in [0.15, 0.2) is 5.82 Å². The molecule has 4 heterocycles. The lowest BCUT2D eigenvalue weighted by atomic mass is 10.2. The van der Waals surface area contributed by atoms with Crippen LogP contribution in [0.4, 0.5) is 10.6 Å². The number of aromatic nitrogens is 4. The minimum absolute atomic E-state index is 0.206. The van der Waals surface area contributed by atoms with Crippen molar-refractivity contribution in [1.82, 2.24) is 19.5 Å². The van der Waals surface area contributed by atoms with Gasteiger partial charge in [-0.2, -0.15) is 4.48 Å². The third-order valence-corrected chi connectivity index (χ3v) is 5.46. The second kappa shape index (κ2) is 7.25. The number of amides is 3. The van der Waals surface area contributed by atoms with Crippen LogP contribution >= 0.6 is 0 Å². The van der Waals surface area contributed by atoms with E-state index in [2.05, 4.69) is 16.9 Å². The molecule has 9 nitrogen and oxygen atoms in total. The minimum Gasteiger partial charge on any atom is -0.382 e. The molecule has 0 radical (unpaired) electrons. The summed E-state index contributed by atoms with van der Waals surface area (Å²) in [5.74, 6) is 0.959. The molecule has 1 atom stereocenters. The summed E-state index contributed by atoms with van der Waals surface area (Å²) in [7, 11) is 0. The van der Waals surface area contributed by atoms with Gasteiger partial charge < -0.3 is 16.0 Å². The zero-order chi connectivity index (χ0) is 20.6.